The highest BCUT2D eigenvalue weighted by Gasteiger charge is 2.54. The van der Waals surface area contributed by atoms with Crippen molar-refractivity contribution in [3.8, 4) is 17.2 Å². The smallest absolute Gasteiger partial charge is 0.258 e. The van der Waals surface area contributed by atoms with Crippen LogP contribution in [0.3, 0.4) is 0 Å². The van der Waals surface area contributed by atoms with Crippen LogP contribution in [0.1, 0.15) is 92.1 Å². The summed E-state index contributed by atoms with van der Waals surface area (Å²) in [6, 6.07) is 9.40. The van der Waals surface area contributed by atoms with Crippen LogP contribution in [0.2, 0.25) is 0 Å². The molecule has 5 N–H and O–H groups in total. The molecule has 2 saturated carbocycles. The first-order valence-corrected chi connectivity index (χ1v) is 19.0. The van der Waals surface area contributed by atoms with Crippen molar-refractivity contribution in [1.82, 2.24) is 10.6 Å². The number of benzene rings is 2. The lowest BCUT2D eigenvalue weighted by Gasteiger charge is -2.51. The normalized spacial score (nSPS) is 25.4. The number of anilines is 1. The number of phenols is 1. The Hall–Kier alpha value is -3.19. The highest BCUT2D eigenvalue weighted by Crippen LogP contribution is 2.64. The largest absolute Gasteiger partial charge is 0.505 e. The zero-order valence-electron chi connectivity index (χ0n) is 27.2. The maximum absolute atomic E-state index is 12.6. The van der Waals surface area contributed by atoms with E-state index in [9.17, 15) is 19.3 Å². The predicted octanol–water partition coefficient (Wildman–Crippen LogP) is 6.48. The molecule has 2 fully saturated rings. The van der Waals surface area contributed by atoms with Gasteiger partial charge in [0, 0.05) is 32.8 Å². The van der Waals surface area contributed by atoms with Crippen LogP contribution in [-0.2, 0) is 15.8 Å². The number of aryl methyl sites for hydroxylation is 1. The Morgan fingerprint density at radius 3 is 2.60 bits per heavy atom. The molecule has 9 nitrogen and oxygen atoms in total. The van der Waals surface area contributed by atoms with Crippen LogP contribution in [0.4, 0.5) is 5.69 Å². The molecular formula is C35H50N3O6P. The van der Waals surface area contributed by atoms with Crippen molar-refractivity contribution in [2.45, 2.75) is 77.0 Å². The molecule has 0 aliphatic heterocycles. The van der Waals surface area contributed by atoms with Gasteiger partial charge in [-0.3, -0.25) is 14.2 Å². The zero-order valence-corrected chi connectivity index (χ0v) is 28.1. The van der Waals surface area contributed by atoms with Gasteiger partial charge in [0.15, 0.2) is 5.75 Å². The molecule has 246 valence electrons. The lowest BCUT2D eigenvalue weighted by atomic mass is 9.54. The molecular weight excluding hydrogens is 589 g/mol. The maximum atomic E-state index is 12.6. The van der Waals surface area contributed by atoms with Crippen molar-refractivity contribution in [3.63, 3.8) is 0 Å². The van der Waals surface area contributed by atoms with E-state index in [1.165, 1.54) is 56.4 Å². The Kier molecular flexibility index (Phi) is 10.1. The molecule has 0 spiro atoms. The third kappa shape index (κ3) is 7.29. The van der Waals surface area contributed by atoms with Crippen LogP contribution in [-0.4, -0.2) is 50.4 Å². The molecule has 3 aliphatic carbocycles. The number of nitrogens with two attached hydrogens (primary N) is 1. The average molecular weight is 640 g/mol. The zero-order chi connectivity index (χ0) is 32.4. The van der Waals surface area contributed by atoms with Gasteiger partial charge in [-0.2, -0.15) is 0 Å². The molecule has 2 aromatic carbocycles. The summed E-state index contributed by atoms with van der Waals surface area (Å²) in [5, 5.41) is 15.9. The van der Waals surface area contributed by atoms with E-state index >= 15 is 0 Å². The van der Waals surface area contributed by atoms with E-state index in [4.69, 9.17) is 15.0 Å². The topological polar surface area (TPSA) is 140 Å². The number of carbonyl (C=O) groups excluding carboxylic acids is 2. The first-order valence-electron chi connectivity index (χ1n) is 16.5. The monoisotopic (exact) mass is 639 g/mol. The fraction of sp³-hybridized carbons (Fsp3) is 0.600. The summed E-state index contributed by atoms with van der Waals surface area (Å²) in [5.74, 6) is 2.97. The van der Waals surface area contributed by atoms with Crippen molar-refractivity contribution in [1.29, 1.82) is 0 Å². The fourth-order valence-corrected chi connectivity index (χ4v) is 9.26. The van der Waals surface area contributed by atoms with Gasteiger partial charge >= 0.3 is 0 Å². The third-order valence-corrected chi connectivity index (χ3v) is 11.4. The van der Waals surface area contributed by atoms with Gasteiger partial charge < -0.3 is 30.7 Å². The molecule has 0 aromatic heterocycles. The summed E-state index contributed by atoms with van der Waals surface area (Å²) in [6.07, 6.45) is 10.3. The highest BCUT2D eigenvalue weighted by molar-refractivity contribution is 7.57. The van der Waals surface area contributed by atoms with Crippen LogP contribution in [0, 0.1) is 23.2 Å². The molecule has 45 heavy (non-hydrogen) atoms. The molecule has 3 aliphatic rings. The van der Waals surface area contributed by atoms with E-state index in [0.717, 1.165) is 30.9 Å². The van der Waals surface area contributed by atoms with Crippen LogP contribution in [0.25, 0.3) is 0 Å². The number of phenolic OH excluding ortho intramolecular Hbond substituents is 1. The Morgan fingerprint density at radius 2 is 1.84 bits per heavy atom. The predicted molar refractivity (Wildman–Crippen MR) is 178 cm³/mol. The first-order chi connectivity index (χ1) is 21.4. The molecule has 5 unspecified atom stereocenters. The number of fused-ring (bicyclic) bond motifs is 5. The summed E-state index contributed by atoms with van der Waals surface area (Å²) in [4.78, 5) is 25.1. The number of aromatic hydroxyl groups is 1. The average Bonchev–Trinajstić information content (AvgIpc) is 3.33. The summed E-state index contributed by atoms with van der Waals surface area (Å²) < 4.78 is 23.1. The second-order valence-electron chi connectivity index (χ2n) is 13.9. The lowest BCUT2D eigenvalue weighted by Crippen LogP contribution is -2.42. The second kappa shape index (κ2) is 13.7. The number of ether oxygens (including phenoxy) is 1. The molecule has 0 bridgehead atoms. The summed E-state index contributed by atoms with van der Waals surface area (Å²) in [5.41, 5.74) is 9.03. The number of carbonyl (C=O) groups is 2. The minimum atomic E-state index is -2.58. The number of nitrogen functional groups attached to an aromatic ring is 1. The summed E-state index contributed by atoms with van der Waals surface area (Å²) in [7, 11) is -1.15. The van der Waals surface area contributed by atoms with Crippen LogP contribution in [0.15, 0.2) is 30.3 Å². The van der Waals surface area contributed by atoms with Crippen molar-refractivity contribution < 1.29 is 28.5 Å². The number of nitrogens with one attached hydrogen (secondary N) is 2. The van der Waals surface area contributed by atoms with Gasteiger partial charge in [0.1, 0.15) is 17.1 Å². The lowest BCUT2D eigenvalue weighted by molar-refractivity contribution is -0.121. The molecule has 0 saturated heterocycles. The molecule has 5 atom stereocenters. The van der Waals surface area contributed by atoms with E-state index in [-0.39, 0.29) is 28.7 Å². The molecule has 0 heterocycles. The van der Waals surface area contributed by atoms with Crippen LogP contribution >= 0.6 is 7.37 Å². The fourth-order valence-electron chi connectivity index (χ4n) is 8.63. The Bertz CT molecular complexity index is 1460. The van der Waals surface area contributed by atoms with Gasteiger partial charge in [-0.25, -0.2) is 0 Å². The van der Waals surface area contributed by atoms with E-state index in [1.807, 2.05) is 6.07 Å². The molecule has 10 heteroatoms. The number of amides is 2. The van der Waals surface area contributed by atoms with Gasteiger partial charge in [0.25, 0.3) is 5.91 Å². The van der Waals surface area contributed by atoms with Crippen molar-refractivity contribution in [2.24, 2.45) is 23.2 Å². The van der Waals surface area contributed by atoms with E-state index in [2.05, 4.69) is 29.7 Å². The van der Waals surface area contributed by atoms with Gasteiger partial charge in [-0.05, 0) is 122 Å². The quantitative estimate of drug-likeness (QED) is 0.0902. The number of hydrogen-bond acceptors (Lipinski definition) is 7. The molecule has 5 rings (SSSR count). The molecule has 2 amide bonds. The van der Waals surface area contributed by atoms with E-state index in [0.29, 0.717) is 49.1 Å². The maximum Gasteiger partial charge on any atom is 0.258 e. The number of hydrogen-bond donors (Lipinski definition) is 4. The van der Waals surface area contributed by atoms with Crippen molar-refractivity contribution in [3.05, 3.63) is 47.0 Å². The Morgan fingerprint density at radius 1 is 1.07 bits per heavy atom. The SMILES string of the molecule is COc1ccc(N)c(O)c1C(=O)NCCCNC(=O)CCCC1CCC2C3CCc4cc(OP(C)(C)=O)ccc4C3CCC12C. The molecule has 0 radical (unpaired) electrons. The minimum absolute atomic E-state index is 0.0113. The Balaban J connectivity index is 1.04. The van der Waals surface area contributed by atoms with Crippen molar-refractivity contribution >= 4 is 24.9 Å². The third-order valence-electron chi connectivity index (χ3n) is 10.8. The van der Waals surface area contributed by atoms with Crippen LogP contribution < -0.4 is 25.6 Å². The van der Waals surface area contributed by atoms with E-state index in [1.54, 1.807) is 19.4 Å². The summed E-state index contributed by atoms with van der Waals surface area (Å²) in [6.45, 7) is 6.66. The van der Waals surface area contributed by atoms with Gasteiger partial charge in [0.05, 0.1) is 12.8 Å². The summed E-state index contributed by atoms with van der Waals surface area (Å²) >= 11 is 0. The van der Waals surface area contributed by atoms with Gasteiger partial charge in [0.2, 0.25) is 13.3 Å². The van der Waals surface area contributed by atoms with Crippen molar-refractivity contribution in [2.75, 3.05) is 39.3 Å². The standard InChI is InChI=1S/C35H50N3O6P/c1-35-18-17-26-25-13-11-24(44-45(3,4)42)21-22(25)9-12-27(26)28(35)14-10-23(35)7-5-8-31(39)37-19-6-20-38-34(41)32-30(43-2)16-15-29(36)33(32)40/h11,13,15-16,21,23,26-28,40H,5-10,12,14,17-20,36H2,1-4H3,(H,37,39)(H,38,41). The number of methoxy groups -OCH3 is 1. The van der Waals surface area contributed by atoms with Gasteiger partial charge in [-0.1, -0.05) is 13.0 Å². The minimum Gasteiger partial charge on any atom is -0.505 e. The number of rotatable bonds is 12. The Labute approximate surface area is 267 Å². The van der Waals surface area contributed by atoms with Crippen LogP contribution in [0.5, 0.6) is 17.2 Å². The van der Waals surface area contributed by atoms with Gasteiger partial charge in [-0.15, -0.1) is 0 Å². The second-order valence-corrected chi connectivity index (χ2v) is 16.6. The first kappa shape index (κ1) is 33.2. The molecule has 2 aromatic rings. The highest BCUT2D eigenvalue weighted by atomic mass is 31.2. The van der Waals surface area contributed by atoms with E-state index < -0.39 is 13.3 Å².